The molecular weight excluding hydrogens is 230 g/mol. The van der Waals surface area contributed by atoms with Crippen molar-refractivity contribution in [3.63, 3.8) is 0 Å². The number of aliphatic carboxylic acids is 1. The number of carbonyl (C=O) groups excluding carboxylic acids is 1. The zero-order chi connectivity index (χ0) is 13.8. The Hall–Kier alpha value is -1.84. The van der Waals surface area contributed by atoms with Crippen LogP contribution in [0.3, 0.4) is 0 Å². The quantitative estimate of drug-likeness (QED) is 0.843. The van der Waals surface area contributed by atoms with Gasteiger partial charge in [0.25, 0.3) is 0 Å². The van der Waals surface area contributed by atoms with Gasteiger partial charge in [0.15, 0.2) is 0 Å². The molecule has 0 radical (unpaired) electrons. The largest absolute Gasteiger partial charge is 0.481 e. The summed E-state index contributed by atoms with van der Waals surface area (Å²) in [4.78, 5) is 23.1. The fourth-order valence-corrected chi connectivity index (χ4v) is 1.59. The van der Waals surface area contributed by atoms with E-state index in [1.807, 2.05) is 32.0 Å². The zero-order valence-electron chi connectivity index (χ0n) is 10.9. The minimum absolute atomic E-state index is 0.0328. The fourth-order valence-electron chi connectivity index (χ4n) is 1.59. The smallest absolute Gasteiger partial charge is 0.310 e. The summed E-state index contributed by atoms with van der Waals surface area (Å²) in [7, 11) is 0. The molecule has 1 rings (SSSR count). The van der Waals surface area contributed by atoms with E-state index < -0.39 is 11.4 Å². The van der Waals surface area contributed by atoms with Crippen LogP contribution >= 0.6 is 0 Å². The highest BCUT2D eigenvalue weighted by atomic mass is 16.4. The monoisotopic (exact) mass is 249 g/mol. The Bertz CT molecular complexity index is 428. The number of carboxylic acid groups (broad SMARTS) is 1. The summed E-state index contributed by atoms with van der Waals surface area (Å²) in [5.41, 5.74) is -0.363. The van der Waals surface area contributed by atoms with E-state index in [0.717, 1.165) is 0 Å². The lowest BCUT2D eigenvalue weighted by atomic mass is 9.76. The van der Waals surface area contributed by atoms with Gasteiger partial charge in [0.05, 0.1) is 5.41 Å². The van der Waals surface area contributed by atoms with Crippen LogP contribution in [0.5, 0.6) is 0 Å². The van der Waals surface area contributed by atoms with Crippen LogP contribution < -0.4 is 5.32 Å². The Balaban J connectivity index is 2.72. The van der Waals surface area contributed by atoms with Crippen molar-refractivity contribution in [3.8, 4) is 0 Å². The molecule has 1 unspecified atom stereocenters. The van der Waals surface area contributed by atoms with Crippen molar-refractivity contribution in [1.82, 2.24) is 0 Å². The Labute approximate surface area is 107 Å². The van der Waals surface area contributed by atoms with E-state index in [1.165, 1.54) is 0 Å². The molecule has 0 aromatic heterocycles. The fraction of sp³-hybridized carbons (Fsp3) is 0.429. The van der Waals surface area contributed by atoms with Crippen molar-refractivity contribution in [2.75, 3.05) is 5.32 Å². The molecule has 0 saturated heterocycles. The summed E-state index contributed by atoms with van der Waals surface area (Å²) in [6.07, 6.45) is -0.0328. The second kappa shape index (κ2) is 5.67. The number of anilines is 1. The highest BCUT2D eigenvalue weighted by molar-refractivity contribution is 5.94. The SMILES string of the molecule is CC(C)C(C)(CC(=O)Nc1ccccc1)C(=O)O. The lowest BCUT2D eigenvalue weighted by molar-refractivity contribution is -0.153. The lowest BCUT2D eigenvalue weighted by Gasteiger charge is -2.28. The molecule has 0 spiro atoms. The van der Waals surface area contributed by atoms with E-state index in [-0.39, 0.29) is 18.2 Å². The summed E-state index contributed by atoms with van der Waals surface area (Å²) in [5.74, 6) is -1.34. The van der Waals surface area contributed by atoms with E-state index in [2.05, 4.69) is 5.32 Å². The molecule has 98 valence electrons. The highest BCUT2D eigenvalue weighted by Gasteiger charge is 2.38. The summed E-state index contributed by atoms with van der Waals surface area (Å²) >= 11 is 0. The number of benzene rings is 1. The summed E-state index contributed by atoms with van der Waals surface area (Å²) in [6.45, 7) is 5.22. The van der Waals surface area contributed by atoms with Crippen LogP contribution in [-0.4, -0.2) is 17.0 Å². The molecule has 0 saturated carbocycles. The molecule has 0 bridgehead atoms. The molecular formula is C14H19NO3. The minimum atomic E-state index is -1.04. The molecule has 0 aliphatic rings. The Kier molecular flexibility index (Phi) is 4.48. The number of hydrogen-bond donors (Lipinski definition) is 2. The maximum Gasteiger partial charge on any atom is 0.310 e. The van der Waals surface area contributed by atoms with Crippen LogP contribution in [0.1, 0.15) is 27.2 Å². The van der Waals surface area contributed by atoms with E-state index in [1.54, 1.807) is 19.1 Å². The van der Waals surface area contributed by atoms with Crippen molar-refractivity contribution < 1.29 is 14.7 Å². The standard InChI is InChI=1S/C14H19NO3/c1-10(2)14(3,13(17)18)9-12(16)15-11-7-5-4-6-8-11/h4-8,10H,9H2,1-3H3,(H,15,16)(H,17,18). The molecule has 0 heterocycles. The number of nitrogens with one attached hydrogen (secondary N) is 1. The average molecular weight is 249 g/mol. The van der Waals surface area contributed by atoms with Crippen molar-refractivity contribution in [2.24, 2.45) is 11.3 Å². The number of amides is 1. The van der Waals surface area contributed by atoms with E-state index >= 15 is 0 Å². The van der Waals surface area contributed by atoms with Crippen LogP contribution in [0.4, 0.5) is 5.69 Å². The van der Waals surface area contributed by atoms with Gasteiger partial charge in [-0.15, -0.1) is 0 Å². The average Bonchev–Trinajstić information content (AvgIpc) is 2.29. The van der Waals surface area contributed by atoms with Crippen molar-refractivity contribution >= 4 is 17.6 Å². The van der Waals surface area contributed by atoms with Crippen LogP contribution in [-0.2, 0) is 9.59 Å². The molecule has 0 aliphatic heterocycles. The molecule has 0 fully saturated rings. The first-order valence-corrected chi connectivity index (χ1v) is 5.94. The normalized spacial score (nSPS) is 14.0. The number of hydrogen-bond acceptors (Lipinski definition) is 2. The number of rotatable bonds is 5. The van der Waals surface area contributed by atoms with Gasteiger partial charge < -0.3 is 10.4 Å². The predicted molar refractivity (Wildman–Crippen MR) is 70.3 cm³/mol. The predicted octanol–water partition coefficient (Wildman–Crippen LogP) is 2.76. The van der Waals surface area contributed by atoms with Crippen molar-refractivity contribution in [1.29, 1.82) is 0 Å². The molecule has 1 aromatic rings. The maximum absolute atomic E-state index is 11.9. The van der Waals surface area contributed by atoms with Gasteiger partial charge in [-0.1, -0.05) is 32.0 Å². The molecule has 2 N–H and O–H groups in total. The topological polar surface area (TPSA) is 66.4 Å². The van der Waals surface area contributed by atoms with Gasteiger partial charge in [0.2, 0.25) is 5.91 Å². The zero-order valence-corrected chi connectivity index (χ0v) is 10.9. The van der Waals surface area contributed by atoms with Crippen molar-refractivity contribution in [3.05, 3.63) is 30.3 Å². The molecule has 1 aromatic carbocycles. The maximum atomic E-state index is 11.9. The third-order valence-electron chi connectivity index (χ3n) is 3.35. The third-order valence-corrected chi connectivity index (χ3v) is 3.35. The van der Waals surface area contributed by atoms with Crippen molar-refractivity contribution in [2.45, 2.75) is 27.2 Å². The first-order chi connectivity index (χ1) is 8.36. The molecule has 1 atom stereocenters. The van der Waals surface area contributed by atoms with Crippen LogP contribution in [0.15, 0.2) is 30.3 Å². The second-order valence-electron chi connectivity index (χ2n) is 4.97. The van der Waals surface area contributed by atoms with Gasteiger partial charge in [-0.25, -0.2) is 0 Å². The van der Waals surface area contributed by atoms with Crippen LogP contribution in [0, 0.1) is 11.3 Å². The molecule has 1 amide bonds. The Morgan fingerprint density at radius 3 is 2.28 bits per heavy atom. The molecule has 4 heteroatoms. The van der Waals surface area contributed by atoms with Crippen LogP contribution in [0.25, 0.3) is 0 Å². The van der Waals surface area contributed by atoms with Gasteiger partial charge in [0, 0.05) is 12.1 Å². The first-order valence-electron chi connectivity index (χ1n) is 5.94. The number of para-hydroxylation sites is 1. The van der Waals surface area contributed by atoms with E-state index in [4.69, 9.17) is 0 Å². The summed E-state index contributed by atoms with van der Waals surface area (Å²) in [5, 5.41) is 11.9. The third kappa shape index (κ3) is 3.32. The Morgan fingerprint density at radius 2 is 1.83 bits per heavy atom. The minimum Gasteiger partial charge on any atom is -0.481 e. The van der Waals surface area contributed by atoms with Gasteiger partial charge in [-0.2, -0.15) is 0 Å². The van der Waals surface area contributed by atoms with Crippen LogP contribution in [0.2, 0.25) is 0 Å². The van der Waals surface area contributed by atoms with Gasteiger partial charge in [0.1, 0.15) is 0 Å². The summed E-state index contributed by atoms with van der Waals surface area (Å²) in [6, 6.07) is 9.02. The highest BCUT2D eigenvalue weighted by Crippen LogP contribution is 2.31. The molecule has 4 nitrogen and oxygen atoms in total. The molecule has 0 aliphatic carbocycles. The van der Waals surface area contributed by atoms with Gasteiger partial charge in [-0.3, -0.25) is 9.59 Å². The molecule has 18 heavy (non-hydrogen) atoms. The lowest BCUT2D eigenvalue weighted by Crippen LogP contribution is -2.37. The number of carbonyl (C=O) groups is 2. The Morgan fingerprint density at radius 1 is 1.28 bits per heavy atom. The van der Waals surface area contributed by atoms with E-state index in [0.29, 0.717) is 5.69 Å². The van der Waals surface area contributed by atoms with Gasteiger partial charge in [-0.05, 0) is 25.0 Å². The van der Waals surface area contributed by atoms with E-state index in [9.17, 15) is 14.7 Å². The number of carboxylic acids is 1. The second-order valence-corrected chi connectivity index (χ2v) is 4.97. The summed E-state index contributed by atoms with van der Waals surface area (Å²) < 4.78 is 0. The van der Waals surface area contributed by atoms with Gasteiger partial charge >= 0.3 is 5.97 Å². The first kappa shape index (κ1) is 14.2.